The van der Waals surface area contributed by atoms with Crippen LogP contribution in [0.5, 0.6) is 0 Å². The molecular weight excluding hydrogens is 344 g/mol. The molecule has 5 nitrogen and oxygen atoms in total. The van der Waals surface area contributed by atoms with E-state index in [1.54, 1.807) is 6.92 Å². The number of esters is 1. The van der Waals surface area contributed by atoms with Gasteiger partial charge in [-0.2, -0.15) is 0 Å². The van der Waals surface area contributed by atoms with Crippen LogP contribution in [0.1, 0.15) is 92.9 Å². The van der Waals surface area contributed by atoms with Gasteiger partial charge in [-0.25, -0.2) is 0 Å². The molecule has 0 aromatic carbocycles. The summed E-state index contributed by atoms with van der Waals surface area (Å²) >= 11 is 0. The molecule has 0 aromatic heterocycles. The quantitative estimate of drug-likeness (QED) is 0.249. The second-order valence-electron chi connectivity index (χ2n) is 9.42. The number of rotatable bonds is 15. The molecule has 5 heteroatoms. The van der Waals surface area contributed by atoms with Crippen molar-refractivity contribution in [2.45, 2.75) is 92.9 Å². The third kappa shape index (κ3) is 9.20. The van der Waals surface area contributed by atoms with Gasteiger partial charge in [0.15, 0.2) is 0 Å². The first-order valence-corrected chi connectivity index (χ1v) is 10.4. The molecule has 0 saturated carbocycles. The Bertz CT molecular complexity index is 430. The lowest BCUT2D eigenvalue weighted by molar-refractivity contribution is -0.161. The van der Waals surface area contributed by atoms with E-state index in [1.165, 1.54) is 6.92 Å². The summed E-state index contributed by atoms with van der Waals surface area (Å²) in [7, 11) is 0. The summed E-state index contributed by atoms with van der Waals surface area (Å²) in [5, 5.41) is 18.8. The lowest BCUT2D eigenvalue weighted by Gasteiger charge is -2.30. The summed E-state index contributed by atoms with van der Waals surface area (Å²) in [6.07, 6.45) is 5.92. The Labute approximate surface area is 165 Å². The minimum Gasteiger partial charge on any atom is -0.465 e. The molecule has 0 rings (SSSR count). The Balaban J connectivity index is 4.98. The highest BCUT2D eigenvalue weighted by Gasteiger charge is 2.43. The molecule has 0 heterocycles. The molecule has 0 fully saturated rings. The first-order chi connectivity index (χ1) is 12.5. The fraction of sp³-hybridized carbons (Fsp3) is 0.909. The zero-order chi connectivity index (χ0) is 21.1. The Hall–Kier alpha value is -0.940. The van der Waals surface area contributed by atoms with Crippen LogP contribution in [0.3, 0.4) is 0 Å². The summed E-state index contributed by atoms with van der Waals surface area (Å²) in [5.74, 6) is -0.524. The van der Waals surface area contributed by atoms with Gasteiger partial charge >= 0.3 is 5.97 Å². The predicted octanol–water partition coefficient (Wildman–Crippen LogP) is 4.28. The van der Waals surface area contributed by atoms with E-state index >= 15 is 0 Å². The maximum absolute atomic E-state index is 12.7. The van der Waals surface area contributed by atoms with Crippen LogP contribution < -0.4 is 0 Å². The van der Waals surface area contributed by atoms with E-state index in [1.807, 2.05) is 27.7 Å². The number of ketones is 1. The van der Waals surface area contributed by atoms with Gasteiger partial charge in [0.05, 0.1) is 6.61 Å². The monoisotopic (exact) mass is 386 g/mol. The molecule has 0 radical (unpaired) electrons. The maximum Gasteiger partial charge on any atom is 0.319 e. The van der Waals surface area contributed by atoms with Crippen molar-refractivity contribution in [1.29, 1.82) is 0 Å². The van der Waals surface area contributed by atoms with Crippen molar-refractivity contribution < 1.29 is 24.5 Å². The highest BCUT2D eigenvalue weighted by atomic mass is 16.5. The molecule has 2 N–H and O–H groups in total. The van der Waals surface area contributed by atoms with Crippen molar-refractivity contribution in [2.75, 3.05) is 19.8 Å². The Morgan fingerprint density at radius 3 is 1.44 bits per heavy atom. The van der Waals surface area contributed by atoms with Gasteiger partial charge in [-0.1, -0.05) is 53.4 Å². The van der Waals surface area contributed by atoms with Gasteiger partial charge in [0, 0.05) is 13.2 Å². The van der Waals surface area contributed by atoms with Gasteiger partial charge < -0.3 is 14.9 Å². The van der Waals surface area contributed by atoms with E-state index < -0.39 is 11.4 Å². The first-order valence-electron chi connectivity index (χ1n) is 10.4. The topological polar surface area (TPSA) is 83.8 Å². The molecule has 0 unspecified atom stereocenters. The summed E-state index contributed by atoms with van der Waals surface area (Å²) in [5.41, 5.74) is -1.35. The summed E-state index contributed by atoms with van der Waals surface area (Å²) < 4.78 is 5.27. The van der Waals surface area contributed by atoms with Gasteiger partial charge in [-0.15, -0.1) is 0 Å². The van der Waals surface area contributed by atoms with Crippen molar-refractivity contribution >= 4 is 11.8 Å². The third-order valence-electron chi connectivity index (χ3n) is 5.61. The fourth-order valence-corrected chi connectivity index (χ4v) is 3.31. The van der Waals surface area contributed by atoms with E-state index in [4.69, 9.17) is 4.74 Å². The van der Waals surface area contributed by atoms with E-state index in [9.17, 15) is 19.8 Å². The fourth-order valence-electron chi connectivity index (χ4n) is 3.31. The number of hydrogen-bond donors (Lipinski definition) is 2. The second kappa shape index (κ2) is 11.8. The second-order valence-corrected chi connectivity index (χ2v) is 9.42. The predicted molar refractivity (Wildman–Crippen MR) is 108 cm³/mol. The SMILES string of the molecule is CCOC(=O)C(CCCCC(C)(C)CO)(CCCCC(C)(C)CO)C(C)=O. The number of Topliss-reactive ketones (excluding diaryl/α,β-unsaturated/α-hetero) is 1. The van der Waals surface area contributed by atoms with Crippen LogP contribution in [-0.4, -0.2) is 41.8 Å². The zero-order valence-corrected chi connectivity index (χ0v) is 18.4. The van der Waals surface area contributed by atoms with Gasteiger partial charge in [0.1, 0.15) is 11.2 Å². The number of ether oxygens (including phenoxy) is 1. The molecule has 160 valence electrons. The van der Waals surface area contributed by atoms with Crippen LogP contribution in [0.2, 0.25) is 0 Å². The molecule has 0 saturated heterocycles. The minimum atomic E-state index is -1.07. The summed E-state index contributed by atoms with van der Waals surface area (Å²) in [4.78, 5) is 25.2. The number of aliphatic hydroxyl groups excluding tert-OH is 2. The highest BCUT2D eigenvalue weighted by molar-refractivity contribution is 6.02. The van der Waals surface area contributed by atoms with Crippen molar-refractivity contribution in [3.63, 3.8) is 0 Å². The number of aliphatic hydroxyl groups is 2. The number of unbranched alkanes of at least 4 members (excludes halogenated alkanes) is 2. The smallest absolute Gasteiger partial charge is 0.319 e. The Kier molecular flexibility index (Phi) is 11.4. The van der Waals surface area contributed by atoms with Crippen LogP contribution in [-0.2, 0) is 14.3 Å². The third-order valence-corrected chi connectivity index (χ3v) is 5.61. The summed E-state index contributed by atoms with van der Waals surface area (Å²) in [6, 6.07) is 0. The van der Waals surface area contributed by atoms with Crippen LogP contribution in [0.15, 0.2) is 0 Å². The molecule has 0 aliphatic carbocycles. The highest BCUT2D eigenvalue weighted by Crippen LogP contribution is 2.36. The molecule has 0 amide bonds. The summed E-state index contributed by atoms with van der Waals surface area (Å²) in [6.45, 7) is 11.8. The van der Waals surface area contributed by atoms with Crippen LogP contribution >= 0.6 is 0 Å². The molecule has 0 aliphatic heterocycles. The van der Waals surface area contributed by atoms with Gasteiger partial charge in [-0.05, 0) is 50.4 Å². The normalized spacial score (nSPS) is 12.9. The minimum absolute atomic E-state index is 0.121. The number of carbonyl (C=O) groups is 2. The van der Waals surface area contributed by atoms with Crippen LogP contribution in [0, 0.1) is 16.2 Å². The van der Waals surface area contributed by atoms with Crippen LogP contribution in [0.4, 0.5) is 0 Å². The maximum atomic E-state index is 12.7. The van der Waals surface area contributed by atoms with E-state index in [2.05, 4.69) is 0 Å². The molecular formula is C22H42O5. The van der Waals surface area contributed by atoms with Crippen molar-refractivity contribution in [3.8, 4) is 0 Å². The molecule has 0 aliphatic rings. The van der Waals surface area contributed by atoms with E-state index in [0.29, 0.717) is 12.8 Å². The Morgan fingerprint density at radius 1 is 0.778 bits per heavy atom. The van der Waals surface area contributed by atoms with Crippen molar-refractivity contribution in [3.05, 3.63) is 0 Å². The standard InChI is InChI=1S/C22H42O5/c1-7-27-19(26)22(18(2)25,14-10-8-12-20(3,4)16-23)15-11-9-13-21(5,6)17-24/h23-24H,7-17H2,1-6H3. The lowest BCUT2D eigenvalue weighted by atomic mass is 9.73. The number of carbonyl (C=O) groups excluding carboxylic acids is 2. The van der Waals surface area contributed by atoms with Crippen molar-refractivity contribution in [2.24, 2.45) is 16.2 Å². The van der Waals surface area contributed by atoms with Gasteiger partial charge in [-0.3, -0.25) is 9.59 Å². The Morgan fingerprint density at radius 2 is 1.15 bits per heavy atom. The van der Waals surface area contributed by atoms with Gasteiger partial charge in [0.2, 0.25) is 0 Å². The average Bonchev–Trinajstić information content (AvgIpc) is 2.60. The number of hydrogen-bond acceptors (Lipinski definition) is 5. The van der Waals surface area contributed by atoms with E-state index in [-0.39, 0.29) is 36.4 Å². The molecule has 0 atom stereocenters. The largest absolute Gasteiger partial charge is 0.465 e. The van der Waals surface area contributed by atoms with Crippen LogP contribution in [0.25, 0.3) is 0 Å². The van der Waals surface area contributed by atoms with Gasteiger partial charge in [0.25, 0.3) is 0 Å². The average molecular weight is 387 g/mol. The molecule has 0 aromatic rings. The molecule has 27 heavy (non-hydrogen) atoms. The zero-order valence-electron chi connectivity index (χ0n) is 18.4. The first kappa shape index (κ1) is 26.1. The lowest BCUT2D eigenvalue weighted by Crippen LogP contribution is -2.39. The van der Waals surface area contributed by atoms with E-state index in [0.717, 1.165) is 38.5 Å². The molecule has 0 spiro atoms. The molecule has 0 bridgehead atoms. The van der Waals surface area contributed by atoms with Crippen molar-refractivity contribution in [1.82, 2.24) is 0 Å².